The van der Waals surface area contributed by atoms with Crippen molar-refractivity contribution < 1.29 is 9.90 Å². The fraction of sp³-hybridized carbons (Fsp3) is 0.556. The fourth-order valence-electron chi connectivity index (χ4n) is 3.43. The number of carbonyl (C=O) groups excluding carboxylic acids is 1. The number of aromatic amines is 1. The zero-order valence-corrected chi connectivity index (χ0v) is 14.6. The van der Waals surface area contributed by atoms with Crippen LogP contribution in [0.25, 0.3) is 0 Å². The van der Waals surface area contributed by atoms with Gasteiger partial charge in [0, 0.05) is 29.9 Å². The lowest BCUT2D eigenvalue weighted by Crippen LogP contribution is -2.32. The number of rotatable bonds is 7. The molecule has 0 aliphatic heterocycles. The maximum absolute atomic E-state index is 12.5. The predicted molar refractivity (Wildman–Crippen MR) is 95.3 cm³/mol. The van der Waals surface area contributed by atoms with Crippen molar-refractivity contribution in [3.05, 3.63) is 39.8 Å². The van der Waals surface area contributed by atoms with E-state index >= 15 is 0 Å². The number of aliphatic hydroxyl groups is 1. The first-order chi connectivity index (χ1) is 11.8. The van der Waals surface area contributed by atoms with Gasteiger partial charge < -0.3 is 10.4 Å². The summed E-state index contributed by atoms with van der Waals surface area (Å²) in [5, 5.41) is 21.7. The number of thiophene rings is 1. The van der Waals surface area contributed by atoms with Gasteiger partial charge in [0.1, 0.15) is 0 Å². The van der Waals surface area contributed by atoms with Gasteiger partial charge in [-0.05, 0) is 30.7 Å². The number of nitrogens with zero attached hydrogens (tertiary/aromatic N) is 1. The van der Waals surface area contributed by atoms with Gasteiger partial charge in [0.15, 0.2) is 0 Å². The minimum atomic E-state index is -0.0889. The van der Waals surface area contributed by atoms with Gasteiger partial charge in [0.25, 0.3) is 5.91 Å². The van der Waals surface area contributed by atoms with Crippen LogP contribution in [-0.2, 0) is 6.42 Å². The molecule has 2 heterocycles. The van der Waals surface area contributed by atoms with Crippen LogP contribution in [0.4, 0.5) is 0 Å². The largest absolute Gasteiger partial charge is 0.396 e. The molecule has 1 aliphatic carbocycles. The van der Waals surface area contributed by atoms with E-state index in [1.54, 1.807) is 17.5 Å². The van der Waals surface area contributed by atoms with E-state index in [4.69, 9.17) is 0 Å². The highest BCUT2D eigenvalue weighted by atomic mass is 32.1. The summed E-state index contributed by atoms with van der Waals surface area (Å²) >= 11 is 1.68. The standard InChI is InChI=1S/C18H25N3O2S/c22-12-13(9-15-7-4-8-24-15)10-19-18(23)16-11-20-21-17(16)14-5-2-1-3-6-14/h4,7-8,11,13-14,22H,1-3,5-6,9-10,12H2,(H,19,23)(H,20,21). The van der Waals surface area contributed by atoms with Crippen LogP contribution in [0, 0.1) is 5.92 Å². The Kier molecular flexibility index (Phi) is 6.04. The number of hydrogen-bond acceptors (Lipinski definition) is 4. The lowest BCUT2D eigenvalue weighted by molar-refractivity contribution is 0.0938. The molecule has 1 atom stereocenters. The Morgan fingerprint density at radius 2 is 2.25 bits per heavy atom. The second-order valence-electron chi connectivity index (χ2n) is 6.57. The summed E-state index contributed by atoms with van der Waals surface area (Å²) < 4.78 is 0. The van der Waals surface area contributed by atoms with Crippen LogP contribution in [-0.4, -0.2) is 34.4 Å². The third kappa shape index (κ3) is 4.24. The van der Waals surface area contributed by atoms with E-state index < -0.39 is 0 Å². The van der Waals surface area contributed by atoms with Gasteiger partial charge in [-0.3, -0.25) is 9.89 Å². The average Bonchev–Trinajstić information content (AvgIpc) is 3.30. The van der Waals surface area contributed by atoms with Crippen molar-refractivity contribution in [2.45, 2.75) is 44.4 Å². The highest BCUT2D eigenvalue weighted by molar-refractivity contribution is 7.09. The van der Waals surface area contributed by atoms with E-state index in [-0.39, 0.29) is 18.4 Å². The summed E-state index contributed by atoms with van der Waals surface area (Å²) in [5.41, 5.74) is 1.64. The molecule has 6 heteroatoms. The molecule has 0 bridgehead atoms. The SMILES string of the molecule is O=C(NCC(CO)Cc1cccs1)c1cn[nH]c1C1CCCCC1. The number of amides is 1. The molecule has 130 valence electrons. The fourth-order valence-corrected chi connectivity index (χ4v) is 4.25. The first-order valence-electron chi connectivity index (χ1n) is 8.72. The van der Waals surface area contributed by atoms with E-state index in [9.17, 15) is 9.90 Å². The van der Waals surface area contributed by atoms with Gasteiger partial charge in [-0.15, -0.1) is 11.3 Å². The molecule has 2 aromatic rings. The highest BCUT2D eigenvalue weighted by Crippen LogP contribution is 2.33. The van der Waals surface area contributed by atoms with E-state index in [2.05, 4.69) is 21.6 Å². The second-order valence-corrected chi connectivity index (χ2v) is 7.61. The van der Waals surface area contributed by atoms with Crippen LogP contribution in [0.1, 0.15) is 59.0 Å². The van der Waals surface area contributed by atoms with Gasteiger partial charge >= 0.3 is 0 Å². The number of aliphatic hydroxyl groups excluding tert-OH is 1. The number of H-pyrrole nitrogens is 1. The van der Waals surface area contributed by atoms with Crippen molar-refractivity contribution in [2.24, 2.45) is 5.92 Å². The van der Waals surface area contributed by atoms with Crippen LogP contribution in [0.5, 0.6) is 0 Å². The normalized spacial score (nSPS) is 16.9. The number of aromatic nitrogens is 2. The van der Waals surface area contributed by atoms with Crippen molar-refractivity contribution in [3.63, 3.8) is 0 Å². The summed E-state index contributed by atoms with van der Waals surface area (Å²) in [7, 11) is 0. The van der Waals surface area contributed by atoms with Crippen LogP contribution in [0.3, 0.4) is 0 Å². The summed E-state index contributed by atoms with van der Waals surface area (Å²) in [5.74, 6) is 0.369. The van der Waals surface area contributed by atoms with Gasteiger partial charge in [-0.2, -0.15) is 5.10 Å². The van der Waals surface area contributed by atoms with Crippen molar-refractivity contribution in [1.82, 2.24) is 15.5 Å². The summed E-state index contributed by atoms with van der Waals surface area (Å²) in [6.07, 6.45) is 8.39. The van der Waals surface area contributed by atoms with Crippen LogP contribution >= 0.6 is 11.3 Å². The molecule has 0 spiro atoms. The van der Waals surface area contributed by atoms with Crippen LogP contribution < -0.4 is 5.32 Å². The molecular weight excluding hydrogens is 322 g/mol. The molecule has 24 heavy (non-hydrogen) atoms. The monoisotopic (exact) mass is 347 g/mol. The summed E-state index contributed by atoms with van der Waals surface area (Å²) in [4.78, 5) is 13.8. The molecule has 0 radical (unpaired) electrons. The smallest absolute Gasteiger partial charge is 0.254 e. The Labute approximate surface area is 146 Å². The zero-order chi connectivity index (χ0) is 16.8. The Bertz CT molecular complexity index is 632. The molecule has 3 rings (SSSR count). The quantitative estimate of drug-likeness (QED) is 0.720. The molecule has 1 amide bonds. The molecule has 0 saturated heterocycles. The molecule has 5 nitrogen and oxygen atoms in total. The van der Waals surface area contributed by atoms with Gasteiger partial charge in [-0.25, -0.2) is 0 Å². The number of nitrogens with one attached hydrogen (secondary N) is 2. The topological polar surface area (TPSA) is 78.0 Å². The lowest BCUT2D eigenvalue weighted by atomic mass is 9.85. The Hall–Kier alpha value is -1.66. The van der Waals surface area contributed by atoms with Crippen molar-refractivity contribution in [2.75, 3.05) is 13.2 Å². The maximum Gasteiger partial charge on any atom is 0.254 e. The molecule has 1 aliphatic rings. The Morgan fingerprint density at radius 1 is 1.42 bits per heavy atom. The maximum atomic E-state index is 12.5. The van der Waals surface area contributed by atoms with Crippen molar-refractivity contribution >= 4 is 17.2 Å². The Morgan fingerprint density at radius 3 is 2.96 bits per heavy atom. The minimum absolute atomic E-state index is 0.0395. The molecule has 3 N–H and O–H groups in total. The van der Waals surface area contributed by atoms with Gasteiger partial charge in [-0.1, -0.05) is 25.3 Å². The second kappa shape index (κ2) is 8.44. The number of carbonyl (C=O) groups is 1. The number of hydrogen-bond donors (Lipinski definition) is 3. The van der Waals surface area contributed by atoms with E-state index in [1.165, 1.54) is 24.1 Å². The lowest BCUT2D eigenvalue weighted by Gasteiger charge is -2.21. The summed E-state index contributed by atoms with van der Waals surface area (Å²) in [6.45, 7) is 0.543. The van der Waals surface area contributed by atoms with E-state index in [0.717, 1.165) is 25.0 Å². The molecular formula is C18H25N3O2S. The third-order valence-electron chi connectivity index (χ3n) is 4.81. The van der Waals surface area contributed by atoms with Gasteiger partial charge in [0.2, 0.25) is 0 Å². The van der Waals surface area contributed by atoms with Crippen LogP contribution in [0.2, 0.25) is 0 Å². The summed E-state index contributed by atoms with van der Waals surface area (Å²) in [6, 6.07) is 4.07. The van der Waals surface area contributed by atoms with E-state index in [0.29, 0.717) is 18.0 Å². The Balaban J connectivity index is 1.57. The minimum Gasteiger partial charge on any atom is -0.396 e. The average molecular weight is 347 g/mol. The van der Waals surface area contributed by atoms with E-state index in [1.807, 2.05) is 11.4 Å². The molecule has 2 aromatic heterocycles. The predicted octanol–water partition coefficient (Wildman–Crippen LogP) is 3.10. The zero-order valence-electron chi connectivity index (χ0n) is 13.8. The van der Waals surface area contributed by atoms with Crippen LogP contribution in [0.15, 0.2) is 23.7 Å². The third-order valence-corrected chi connectivity index (χ3v) is 5.71. The van der Waals surface area contributed by atoms with Crippen molar-refractivity contribution in [3.8, 4) is 0 Å². The first kappa shape index (κ1) is 17.2. The molecule has 1 unspecified atom stereocenters. The highest BCUT2D eigenvalue weighted by Gasteiger charge is 2.23. The molecule has 0 aromatic carbocycles. The van der Waals surface area contributed by atoms with Gasteiger partial charge in [0.05, 0.1) is 17.5 Å². The first-order valence-corrected chi connectivity index (χ1v) is 9.60. The molecule has 1 fully saturated rings. The van der Waals surface area contributed by atoms with Crippen molar-refractivity contribution in [1.29, 1.82) is 0 Å². The molecule has 1 saturated carbocycles.